The molecule has 3 nitrogen and oxygen atoms in total. The maximum absolute atomic E-state index is 12.0. The predicted octanol–water partition coefficient (Wildman–Crippen LogP) is 1.18. The lowest BCUT2D eigenvalue weighted by molar-refractivity contribution is 0.448. The molecule has 1 aliphatic heterocycles. The van der Waals surface area contributed by atoms with E-state index in [-0.39, 0.29) is 0 Å². The Morgan fingerprint density at radius 2 is 2.33 bits per heavy atom. The lowest BCUT2D eigenvalue weighted by atomic mass is 10.1. The van der Waals surface area contributed by atoms with E-state index in [4.69, 9.17) is 5.73 Å². The van der Waals surface area contributed by atoms with E-state index in [0.29, 0.717) is 6.54 Å². The van der Waals surface area contributed by atoms with Crippen LogP contribution >= 0.6 is 0 Å². The number of fused-ring (bicyclic) bond motifs is 1. The number of nitrogens with zero attached hydrogens (tertiary/aromatic N) is 1. The van der Waals surface area contributed by atoms with Gasteiger partial charge >= 0.3 is 0 Å². The van der Waals surface area contributed by atoms with Gasteiger partial charge in [0.15, 0.2) is 0 Å². The Hall–Kier alpha value is -0.710. The summed E-state index contributed by atoms with van der Waals surface area (Å²) in [6.45, 7) is 4.33. The highest BCUT2D eigenvalue weighted by atomic mass is 32.2. The third-order valence-electron chi connectivity index (χ3n) is 2.60. The molecule has 4 heteroatoms. The van der Waals surface area contributed by atoms with Crippen LogP contribution < -0.4 is 5.73 Å². The number of benzene rings is 1. The molecular formula is C11H16N2OS. The number of nitrogens with two attached hydrogens (primary N) is 1. The van der Waals surface area contributed by atoms with Crippen molar-refractivity contribution in [1.82, 2.24) is 4.31 Å². The molecule has 1 heterocycles. The highest BCUT2D eigenvalue weighted by molar-refractivity contribution is 7.83. The molecule has 82 valence electrons. The summed E-state index contributed by atoms with van der Waals surface area (Å²) in [4.78, 5) is 0.970. The first-order valence-corrected chi connectivity index (χ1v) is 6.29. The second-order valence-corrected chi connectivity index (χ2v) is 5.32. The van der Waals surface area contributed by atoms with E-state index in [1.165, 1.54) is 11.1 Å². The smallest absolute Gasteiger partial charge is 0.128 e. The van der Waals surface area contributed by atoms with Gasteiger partial charge in [-0.2, -0.15) is 0 Å². The Kier molecular flexibility index (Phi) is 3.19. The van der Waals surface area contributed by atoms with Crippen molar-refractivity contribution in [3.63, 3.8) is 0 Å². The first kappa shape index (κ1) is 10.8. The summed E-state index contributed by atoms with van der Waals surface area (Å²) in [5.41, 5.74) is 7.88. The summed E-state index contributed by atoms with van der Waals surface area (Å²) < 4.78 is 14.0. The number of aryl methyl sites for hydroxylation is 1. The molecule has 0 aromatic heterocycles. The van der Waals surface area contributed by atoms with E-state index in [1.54, 1.807) is 0 Å². The molecule has 0 bridgehead atoms. The zero-order chi connectivity index (χ0) is 10.8. The van der Waals surface area contributed by atoms with E-state index in [2.05, 4.69) is 13.0 Å². The number of rotatable bonds is 3. The van der Waals surface area contributed by atoms with Crippen LogP contribution in [0.4, 0.5) is 0 Å². The lowest BCUT2D eigenvalue weighted by Gasteiger charge is -2.11. The summed E-state index contributed by atoms with van der Waals surface area (Å²) in [5, 5.41) is 0. The molecule has 0 amide bonds. The molecule has 2 rings (SSSR count). The number of hydrogen-bond donors (Lipinski definition) is 1. The zero-order valence-corrected chi connectivity index (χ0v) is 9.72. The molecule has 0 aliphatic carbocycles. The van der Waals surface area contributed by atoms with Crippen molar-refractivity contribution < 1.29 is 4.21 Å². The first-order chi connectivity index (χ1) is 7.22. The molecule has 1 aliphatic rings. The van der Waals surface area contributed by atoms with Crippen LogP contribution in [0.2, 0.25) is 0 Å². The van der Waals surface area contributed by atoms with Crippen molar-refractivity contribution in [2.45, 2.75) is 24.8 Å². The monoisotopic (exact) mass is 224 g/mol. The minimum atomic E-state index is -0.968. The topological polar surface area (TPSA) is 46.3 Å². The molecule has 1 aromatic rings. The van der Waals surface area contributed by atoms with Crippen LogP contribution in [0.1, 0.15) is 17.5 Å². The Labute approximate surface area is 92.9 Å². The van der Waals surface area contributed by atoms with Gasteiger partial charge in [-0.25, -0.2) is 8.51 Å². The van der Waals surface area contributed by atoms with E-state index < -0.39 is 11.0 Å². The van der Waals surface area contributed by atoms with Gasteiger partial charge in [0.2, 0.25) is 0 Å². The quantitative estimate of drug-likeness (QED) is 0.838. The van der Waals surface area contributed by atoms with E-state index in [0.717, 1.165) is 24.4 Å². The lowest BCUT2D eigenvalue weighted by Crippen LogP contribution is -2.22. The van der Waals surface area contributed by atoms with Crippen LogP contribution in [0.5, 0.6) is 0 Å². The van der Waals surface area contributed by atoms with E-state index in [1.807, 2.05) is 16.4 Å². The maximum Gasteiger partial charge on any atom is 0.128 e. The van der Waals surface area contributed by atoms with Gasteiger partial charge in [-0.3, -0.25) is 0 Å². The van der Waals surface area contributed by atoms with Gasteiger partial charge in [0, 0.05) is 13.1 Å². The van der Waals surface area contributed by atoms with Crippen molar-refractivity contribution >= 4 is 11.0 Å². The van der Waals surface area contributed by atoms with Crippen LogP contribution in [0.25, 0.3) is 0 Å². The van der Waals surface area contributed by atoms with Crippen LogP contribution in [0.3, 0.4) is 0 Å². The largest absolute Gasteiger partial charge is 0.330 e. The molecule has 1 atom stereocenters. The van der Waals surface area contributed by atoms with Crippen molar-refractivity contribution in [3.05, 3.63) is 29.3 Å². The van der Waals surface area contributed by atoms with Crippen LogP contribution in [-0.2, 0) is 17.5 Å². The van der Waals surface area contributed by atoms with Crippen molar-refractivity contribution in [2.24, 2.45) is 5.73 Å². The fourth-order valence-electron chi connectivity index (χ4n) is 1.82. The van der Waals surface area contributed by atoms with Gasteiger partial charge in [-0.05, 0) is 31.5 Å². The Morgan fingerprint density at radius 3 is 3.07 bits per heavy atom. The maximum atomic E-state index is 12.0. The van der Waals surface area contributed by atoms with Crippen molar-refractivity contribution in [3.8, 4) is 0 Å². The van der Waals surface area contributed by atoms with Crippen LogP contribution in [0.15, 0.2) is 23.1 Å². The average molecular weight is 224 g/mol. The molecule has 0 fully saturated rings. The van der Waals surface area contributed by atoms with Crippen LogP contribution in [0, 0.1) is 6.92 Å². The number of hydrogen-bond acceptors (Lipinski definition) is 2. The first-order valence-electron chi connectivity index (χ1n) is 5.19. The molecule has 1 aromatic carbocycles. The van der Waals surface area contributed by atoms with Crippen LogP contribution in [-0.4, -0.2) is 21.6 Å². The standard InChI is InChI=1S/C11H16N2OS/c1-9-3-4-11-10(7-9)8-13(15(11)14)6-2-5-12/h3-4,7H,2,5-6,8,12H2,1H3. The molecule has 1 unspecified atom stereocenters. The summed E-state index contributed by atoms with van der Waals surface area (Å²) in [6, 6.07) is 6.11. The van der Waals surface area contributed by atoms with Crippen molar-refractivity contribution in [1.29, 1.82) is 0 Å². The third-order valence-corrected chi connectivity index (χ3v) is 4.15. The average Bonchev–Trinajstić information content (AvgIpc) is 2.52. The molecule has 0 saturated heterocycles. The molecule has 0 saturated carbocycles. The summed E-state index contributed by atoms with van der Waals surface area (Å²) in [5.74, 6) is 0. The SMILES string of the molecule is Cc1ccc2c(c1)CN(CCCN)S2=O. The van der Waals surface area contributed by atoms with Gasteiger partial charge in [0.05, 0.1) is 4.90 Å². The molecule has 0 radical (unpaired) electrons. The normalized spacial score (nSPS) is 20.5. The Morgan fingerprint density at radius 1 is 1.53 bits per heavy atom. The van der Waals surface area contributed by atoms with Crippen molar-refractivity contribution in [2.75, 3.05) is 13.1 Å². The van der Waals surface area contributed by atoms with Gasteiger partial charge in [0.25, 0.3) is 0 Å². The van der Waals surface area contributed by atoms with Gasteiger partial charge in [0.1, 0.15) is 11.0 Å². The van der Waals surface area contributed by atoms with Gasteiger partial charge < -0.3 is 5.73 Å². The third kappa shape index (κ3) is 2.12. The molecule has 0 spiro atoms. The minimum Gasteiger partial charge on any atom is -0.330 e. The highest BCUT2D eigenvalue weighted by Gasteiger charge is 2.25. The summed E-state index contributed by atoms with van der Waals surface area (Å²) in [6.07, 6.45) is 0.901. The fourth-order valence-corrected chi connectivity index (χ4v) is 3.18. The summed E-state index contributed by atoms with van der Waals surface area (Å²) >= 11 is 0. The Bertz CT molecular complexity index is 392. The second kappa shape index (κ2) is 4.43. The van der Waals surface area contributed by atoms with E-state index in [9.17, 15) is 4.21 Å². The predicted molar refractivity (Wildman–Crippen MR) is 61.7 cm³/mol. The molecule has 2 N–H and O–H groups in total. The minimum absolute atomic E-state index is 0.656. The highest BCUT2D eigenvalue weighted by Crippen LogP contribution is 2.27. The molecular weight excluding hydrogens is 208 g/mol. The summed E-state index contributed by atoms with van der Waals surface area (Å²) in [7, 11) is -0.968. The Balaban J connectivity index is 2.18. The van der Waals surface area contributed by atoms with Gasteiger partial charge in [-0.1, -0.05) is 17.7 Å². The second-order valence-electron chi connectivity index (χ2n) is 3.87. The van der Waals surface area contributed by atoms with E-state index >= 15 is 0 Å². The van der Waals surface area contributed by atoms with Gasteiger partial charge in [-0.15, -0.1) is 0 Å². The molecule has 15 heavy (non-hydrogen) atoms. The zero-order valence-electron chi connectivity index (χ0n) is 8.90. The fraction of sp³-hybridized carbons (Fsp3) is 0.455.